The molecule has 1 heterocycles. The van der Waals surface area contributed by atoms with E-state index in [1.54, 1.807) is 43.6 Å². The van der Waals surface area contributed by atoms with Crippen LogP contribution in [-0.4, -0.2) is 18.1 Å². The van der Waals surface area contributed by atoms with E-state index in [2.05, 4.69) is 4.98 Å². The number of nitrogens with zero attached hydrogens (tertiary/aromatic N) is 1. The van der Waals surface area contributed by atoms with Gasteiger partial charge in [0.1, 0.15) is 11.5 Å². The number of carbonyl (C=O) groups excluding carboxylic acids is 1. The lowest BCUT2D eigenvalue weighted by atomic mass is 10.1. The Morgan fingerprint density at radius 2 is 1.64 bits per heavy atom. The average Bonchev–Trinajstić information content (AvgIpc) is 2.68. The first kappa shape index (κ1) is 15.1. The number of pyridine rings is 1. The standard InChI is InChI=1S/C21H15NO3/c1-24-17-11-9-16(10-12-17)21(23)25-18-6-2-4-14-7-8-15-5-3-13-22-20(15)19(14)18/h2-13H,1H3. The van der Waals surface area contributed by atoms with Crippen LogP contribution in [-0.2, 0) is 0 Å². The number of hydrogen-bond donors (Lipinski definition) is 0. The number of esters is 1. The Kier molecular flexibility index (Phi) is 3.78. The second-order valence-electron chi connectivity index (χ2n) is 5.61. The van der Waals surface area contributed by atoms with Crippen molar-refractivity contribution < 1.29 is 14.3 Å². The number of fused-ring (bicyclic) bond motifs is 3. The van der Waals surface area contributed by atoms with Crippen molar-refractivity contribution in [3.05, 3.63) is 78.5 Å². The van der Waals surface area contributed by atoms with Crippen LogP contribution >= 0.6 is 0 Å². The van der Waals surface area contributed by atoms with Crippen LogP contribution in [0.15, 0.2) is 72.9 Å². The van der Waals surface area contributed by atoms with Crippen LogP contribution in [0.3, 0.4) is 0 Å². The molecule has 0 saturated heterocycles. The van der Waals surface area contributed by atoms with Crippen molar-refractivity contribution in [3.63, 3.8) is 0 Å². The van der Waals surface area contributed by atoms with Gasteiger partial charge in [-0.15, -0.1) is 0 Å². The van der Waals surface area contributed by atoms with Crippen molar-refractivity contribution in [1.82, 2.24) is 4.98 Å². The van der Waals surface area contributed by atoms with Gasteiger partial charge in [-0.05, 0) is 41.8 Å². The molecule has 4 rings (SSSR count). The Hall–Kier alpha value is -3.40. The third-order valence-corrected chi connectivity index (χ3v) is 4.11. The molecule has 0 aliphatic rings. The summed E-state index contributed by atoms with van der Waals surface area (Å²) >= 11 is 0. The van der Waals surface area contributed by atoms with E-state index in [0.29, 0.717) is 17.1 Å². The van der Waals surface area contributed by atoms with Crippen LogP contribution in [0, 0.1) is 0 Å². The first-order valence-corrected chi connectivity index (χ1v) is 7.89. The zero-order valence-electron chi connectivity index (χ0n) is 13.6. The third kappa shape index (κ3) is 2.78. The SMILES string of the molecule is COc1ccc(C(=O)Oc2cccc3ccc4cccnc4c23)cc1. The molecule has 4 nitrogen and oxygen atoms in total. The van der Waals surface area contributed by atoms with Crippen LogP contribution < -0.4 is 9.47 Å². The Morgan fingerprint density at radius 1 is 0.880 bits per heavy atom. The molecule has 4 aromatic rings. The summed E-state index contributed by atoms with van der Waals surface area (Å²) in [5, 5.41) is 2.82. The van der Waals surface area contributed by atoms with Crippen LogP contribution in [0.1, 0.15) is 10.4 Å². The van der Waals surface area contributed by atoms with Gasteiger partial charge in [0, 0.05) is 11.6 Å². The van der Waals surface area contributed by atoms with Gasteiger partial charge in [0.05, 0.1) is 23.6 Å². The largest absolute Gasteiger partial charge is 0.497 e. The molecule has 0 aliphatic carbocycles. The van der Waals surface area contributed by atoms with E-state index in [9.17, 15) is 4.79 Å². The summed E-state index contributed by atoms with van der Waals surface area (Å²) < 4.78 is 10.8. The summed E-state index contributed by atoms with van der Waals surface area (Å²) in [7, 11) is 1.58. The lowest BCUT2D eigenvalue weighted by molar-refractivity contribution is 0.0737. The second kappa shape index (κ2) is 6.24. The van der Waals surface area contributed by atoms with Gasteiger partial charge >= 0.3 is 5.97 Å². The van der Waals surface area contributed by atoms with Gasteiger partial charge in [-0.3, -0.25) is 4.98 Å². The highest BCUT2D eigenvalue weighted by molar-refractivity contribution is 6.09. The molecule has 0 aliphatic heterocycles. The Balaban J connectivity index is 1.78. The minimum absolute atomic E-state index is 0.414. The first-order valence-electron chi connectivity index (χ1n) is 7.89. The summed E-state index contributed by atoms with van der Waals surface area (Å²) in [5.74, 6) is 0.780. The minimum Gasteiger partial charge on any atom is -0.497 e. The van der Waals surface area contributed by atoms with Crippen LogP contribution in [0.25, 0.3) is 21.7 Å². The van der Waals surface area contributed by atoms with Crippen LogP contribution in [0.4, 0.5) is 0 Å². The van der Waals surface area contributed by atoms with Crippen LogP contribution in [0.2, 0.25) is 0 Å². The van der Waals surface area contributed by atoms with Gasteiger partial charge in [0.25, 0.3) is 0 Å². The number of hydrogen-bond acceptors (Lipinski definition) is 4. The number of ether oxygens (including phenoxy) is 2. The average molecular weight is 329 g/mol. The molecule has 0 saturated carbocycles. The molecule has 0 bridgehead atoms. The molecule has 0 N–H and O–H groups in total. The summed E-state index contributed by atoms with van der Waals surface area (Å²) in [5.41, 5.74) is 1.28. The number of aromatic nitrogens is 1. The van der Waals surface area contributed by atoms with E-state index in [1.807, 2.05) is 36.4 Å². The smallest absolute Gasteiger partial charge is 0.343 e. The Bertz CT molecular complexity index is 1070. The van der Waals surface area contributed by atoms with Crippen molar-refractivity contribution in [2.24, 2.45) is 0 Å². The number of benzene rings is 3. The molecular weight excluding hydrogens is 314 g/mol. The van der Waals surface area contributed by atoms with E-state index in [1.165, 1.54) is 0 Å². The summed E-state index contributed by atoms with van der Waals surface area (Å²) in [6.45, 7) is 0. The maximum absolute atomic E-state index is 12.5. The molecule has 0 spiro atoms. The van der Waals surface area contributed by atoms with E-state index in [-0.39, 0.29) is 0 Å². The molecule has 122 valence electrons. The van der Waals surface area contributed by atoms with Crippen molar-refractivity contribution in [2.75, 3.05) is 7.11 Å². The lowest BCUT2D eigenvalue weighted by Gasteiger charge is -2.10. The topological polar surface area (TPSA) is 48.4 Å². The molecule has 1 aromatic heterocycles. The van der Waals surface area contributed by atoms with Gasteiger partial charge < -0.3 is 9.47 Å². The Labute approximate surface area is 144 Å². The van der Waals surface area contributed by atoms with Gasteiger partial charge in [0.15, 0.2) is 0 Å². The van der Waals surface area contributed by atoms with E-state index < -0.39 is 5.97 Å². The summed E-state index contributed by atoms with van der Waals surface area (Å²) in [6.07, 6.45) is 1.74. The fourth-order valence-electron chi connectivity index (χ4n) is 2.85. The van der Waals surface area contributed by atoms with Crippen molar-refractivity contribution >= 4 is 27.6 Å². The molecular formula is C21H15NO3. The lowest BCUT2D eigenvalue weighted by Crippen LogP contribution is -2.08. The Morgan fingerprint density at radius 3 is 2.44 bits per heavy atom. The molecule has 25 heavy (non-hydrogen) atoms. The molecule has 4 heteroatoms. The predicted molar refractivity (Wildman–Crippen MR) is 97.2 cm³/mol. The predicted octanol–water partition coefficient (Wildman–Crippen LogP) is 4.62. The van der Waals surface area contributed by atoms with Gasteiger partial charge in [-0.2, -0.15) is 0 Å². The van der Waals surface area contributed by atoms with E-state index in [4.69, 9.17) is 9.47 Å². The highest BCUT2D eigenvalue weighted by Gasteiger charge is 2.13. The molecule has 3 aromatic carbocycles. The highest BCUT2D eigenvalue weighted by atomic mass is 16.5. The quantitative estimate of drug-likeness (QED) is 0.313. The van der Waals surface area contributed by atoms with E-state index >= 15 is 0 Å². The monoisotopic (exact) mass is 329 g/mol. The minimum atomic E-state index is -0.414. The van der Waals surface area contributed by atoms with Crippen LogP contribution in [0.5, 0.6) is 11.5 Å². The van der Waals surface area contributed by atoms with Gasteiger partial charge in [-0.25, -0.2) is 4.79 Å². The van der Waals surface area contributed by atoms with E-state index in [0.717, 1.165) is 21.7 Å². The fraction of sp³-hybridized carbons (Fsp3) is 0.0476. The highest BCUT2D eigenvalue weighted by Crippen LogP contribution is 2.32. The number of carbonyl (C=O) groups is 1. The molecule has 0 amide bonds. The summed E-state index contributed by atoms with van der Waals surface area (Å²) in [6, 6.07) is 20.4. The maximum Gasteiger partial charge on any atom is 0.343 e. The number of methoxy groups -OCH3 is 1. The number of rotatable bonds is 3. The molecule has 0 radical (unpaired) electrons. The summed E-state index contributed by atoms with van der Waals surface area (Å²) in [4.78, 5) is 17.0. The fourth-order valence-corrected chi connectivity index (χ4v) is 2.85. The molecule has 0 atom stereocenters. The molecule has 0 unspecified atom stereocenters. The normalized spacial score (nSPS) is 10.8. The van der Waals surface area contributed by atoms with Crippen molar-refractivity contribution in [3.8, 4) is 11.5 Å². The molecule has 0 fully saturated rings. The zero-order valence-corrected chi connectivity index (χ0v) is 13.6. The first-order chi connectivity index (χ1) is 12.3. The zero-order chi connectivity index (χ0) is 17.2. The van der Waals surface area contributed by atoms with Crippen molar-refractivity contribution in [1.29, 1.82) is 0 Å². The second-order valence-corrected chi connectivity index (χ2v) is 5.61. The third-order valence-electron chi connectivity index (χ3n) is 4.11. The van der Waals surface area contributed by atoms with Gasteiger partial charge in [0.2, 0.25) is 0 Å². The van der Waals surface area contributed by atoms with Crippen molar-refractivity contribution in [2.45, 2.75) is 0 Å². The maximum atomic E-state index is 12.5. The van der Waals surface area contributed by atoms with Gasteiger partial charge in [-0.1, -0.05) is 30.3 Å².